The number of fused-ring (bicyclic) bond motifs is 7. The fourth-order valence-electron chi connectivity index (χ4n) is 14.0. The minimum Gasteiger partial charge on any atom is -0.480 e. The first-order valence-corrected chi connectivity index (χ1v) is 23.7. The van der Waals surface area contributed by atoms with Gasteiger partial charge in [0, 0.05) is 18.4 Å². The van der Waals surface area contributed by atoms with Crippen LogP contribution in [-0.4, -0.2) is 59.1 Å². The third-order valence-corrected chi connectivity index (χ3v) is 17.7. The SMILES string of the molecule is CC1(C)CC[C@]2(C(=O)NCCCCCCCCCCC(=O)NCC(=O)O)CC[C@]3(C)C(=CCC4[C@@]5(C)CC[C@H](OC(=O)c6ccccc6C(=O)O)C(C)(C)C5CC[C@]43C)C2C1. The molecule has 6 rings (SSSR count). The number of carboxylic acid groups (broad SMARTS) is 2. The normalized spacial score (nSPS) is 33.3. The summed E-state index contributed by atoms with van der Waals surface area (Å²) < 4.78 is 6.27. The van der Waals surface area contributed by atoms with Gasteiger partial charge in [-0.2, -0.15) is 0 Å². The zero-order chi connectivity index (χ0) is 44.4. The lowest BCUT2D eigenvalue weighted by molar-refractivity contribution is -0.204. The highest BCUT2D eigenvalue weighted by Gasteiger charge is 2.69. The number of nitrogens with one attached hydrogen (secondary N) is 2. The standard InChI is InChI=1S/C51H76N2O8/c1-46(2)27-29-51(45(60)52-31-17-13-11-9-8-10-12-14-20-41(54)53-33-42(55)56)30-28-49(6)36(37(51)32-46)21-22-39-48(5)25-24-40(47(3,4)38(48)23-26-50(39,49)7)61-44(59)35-19-16-15-18-34(35)43(57)58/h15-16,18-19,21,37-40H,8-14,17,20,22-33H2,1-7H3,(H,52,60)(H,53,54)(H,55,56)(H,57,58)/t37?,38?,39?,40-,48-,49+,50+,51-/m0/s1. The predicted octanol–water partition coefficient (Wildman–Crippen LogP) is 10.5. The highest BCUT2D eigenvalue weighted by Crippen LogP contribution is 2.76. The molecule has 4 N–H and O–H groups in total. The molecule has 8 atom stereocenters. The third-order valence-electron chi connectivity index (χ3n) is 17.7. The molecule has 1 aromatic carbocycles. The number of hydrogen-bond acceptors (Lipinski definition) is 6. The first-order chi connectivity index (χ1) is 28.7. The summed E-state index contributed by atoms with van der Waals surface area (Å²) >= 11 is 0. The van der Waals surface area contributed by atoms with Crippen LogP contribution in [0.15, 0.2) is 35.9 Å². The van der Waals surface area contributed by atoms with Crippen LogP contribution in [0.5, 0.6) is 0 Å². The first kappa shape index (κ1) is 46.8. The molecule has 338 valence electrons. The Morgan fingerprint density at radius 3 is 2.03 bits per heavy atom. The van der Waals surface area contributed by atoms with Gasteiger partial charge in [0.05, 0.1) is 16.5 Å². The Labute approximate surface area is 365 Å². The van der Waals surface area contributed by atoms with Gasteiger partial charge in [0.2, 0.25) is 11.8 Å². The summed E-state index contributed by atoms with van der Waals surface area (Å²) in [7, 11) is 0. The van der Waals surface area contributed by atoms with Crippen molar-refractivity contribution in [3.8, 4) is 0 Å². The van der Waals surface area contributed by atoms with Crippen molar-refractivity contribution in [2.45, 2.75) is 177 Å². The van der Waals surface area contributed by atoms with Crippen LogP contribution >= 0.6 is 0 Å². The van der Waals surface area contributed by atoms with Crippen molar-refractivity contribution in [2.24, 2.45) is 50.2 Å². The van der Waals surface area contributed by atoms with E-state index in [1.54, 1.807) is 23.8 Å². The predicted molar refractivity (Wildman–Crippen MR) is 237 cm³/mol. The summed E-state index contributed by atoms with van der Waals surface area (Å²) in [6.45, 7) is 17.4. The maximum Gasteiger partial charge on any atom is 0.339 e. The number of esters is 1. The summed E-state index contributed by atoms with van der Waals surface area (Å²) in [5.41, 5.74) is 1.28. The number of ether oxygens (including phenoxy) is 1. The minimum atomic E-state index is -1.13. The van der Waals surface area contributed by atoms with Crippen LogP contribution in [0.3, 0.4) is 0 Å². The molecule has 3 unspecified atom stereocenters. The molecule has 2 amide bonds. The third kappa shape index (κ3) is 9.07. The second kappa shape index (κ2) is 18.2. The van der Waals surface area contributed by atoms with Gasteiger partial charge in [-0.15, -0.1) is 0 Å². The van der Waals surface area contributed by atoms with Crippen LogP contribution in [0.2, 0.25) is 0 Å². The Kier molecular flexibility index (Phi) is 14.0. The van der Waals surface area contributed by atoms with Gasteiger partial charge in [-0.05, 0) is 129 Å². The number of allylic oxidation sites excluding steroid dienone is 2. The van der Waals surface area contributed by atoms with Crippen molar-refractivity contribution < 1.29 is 38.9 Å². The second-order valence-electron chi connectivity index (χ2n) is 22.0. The average Bonchev–Trinajstić information content (AvgIpc) is 3.20. The van der Waals surface area contributed by atoms with E-state index in [4.69, 9.17) is 9.84 Å². The molecule has 0 aromatic heterocycles. The number of aliphatic carboxylic acids is 1. The van der Waals surface area contributed by atoms with E-state index in [1.807, 2.05) is 0 Å². The largest absolute Gasteiger partial charge is 0.480 e. The number of rotatable bonds is 17. The van der Waals surface area contributed by atoms with Gasteiger partial charge in [0.25, 0.3) is 0 Å². The molecule has 5 aliphatic carbocycles. The van der Waals surface area contributed by atoms with Gasteiger partial charge in [-0.3, -0.25) is 14.4 Å². The molecular formula is C51H76N2O8. The van der Waals surface area contributed by atoms with Crippen molar-refractivity contribution in [1.29, 1.82) is 0 Å². The van der Waals surface area contributed by atoms with Gasteiger partial charge >= 0.3 is 17.9 Å². The summed E-state index contributed by atoms with van der Waals surface area (Å²) in [6.07, 6.45) is 20.8. The molecule has 1 aromatic rings. The fourth-order valence-corrected chi connectivity index (χ4v) is 14.0. The summed E-state index contributed by atoms with van der Waals surface area (Å²) in [5, 5.41) is 24.3. The van der Waals surface area contributed by atoms with Crippen molar-refractivity contribution in [1.82, 2.24) is 10.6 Å². The Hall–Kier alpha value is -3.69. The monoisotopic (exact) mass is 845 g/mol. The van der Waals surface area contributed by atoms with E-state index in [1.165, 1.54) is 6.07 Å². The fraction of sp³-hybridized carbons (Fsp3) is 0.745. The highest BCUT2D eigenvalue weighted by atomic mass is 16.5. The topological polar surface area (TPSA) is 159 Å². The lowest BCUT2D eigenvalue weighted by Gasteiger charge is -2.71. The number of carboxylic acids is 2. The summed E-state index contributed by atoms with van der Waals surface area (Å²) in [4.78, 5) is 62.3. The quantitative estimate of drug-likeness (QED) is 0.0685. The number of carbonyl (C=O) groups excluding carboxylic acids is 3. The van der Waals surface area contributed by atoms with E-state index in [-0.39, 0.29) is 74.0 Å². The van der Waals surface area contributed by atoms with Crippen molar-refractivity contribution in [3.63, 3.8) is 0 Å². The second-order valence-corrected chi connectivity index (χ2v) is 22.0. The number of unbranched alkanes of at least 4 members (excludes halogenated alkanes) is 7. The number of aromatic carboxylic acids is 1. The molecule has 10 heteroatoms. The zero-order valence-corrected chi connectivity index (χ0v) is 38.4. The highest BCUT2D eigenvalue weighted by molar-refractivity contribution is 6.02. The van der Waals surface area contributed by atoms with Gasteiger partial charge < -0.3 is 25.6 Å². The molecule has 61 heavy (non-hydrogen) atoms. The average molecular weight is 845 g/mol. The molecule has 5 aliphatic rings. The number of hydrogen-bond donors (Lipinski definition) is 4. The van der Waals surface area contributed by atoms with Crippen LogP contribution in [0, 0.1) is 50.2 Å². The van der Waals surface area contributed by atoms with E-state index < -0.39 is 17.9 Å². The Morgan fingerprint density at radius 2 is 1.36 bits per heavy atom. The van der Waals surface area contributed by atoms with Gasteiger partial charge in [0.1, 0.15) is 12.6 Å². The molecule has 0 aliphatic heterocycles. The number of amides is 2. The lowest BCUT2D eigenvalue weighted by Crippen LogP contribution is -2.65. The van der Waals surface area contributed by atoms with Gasteiger partial charge in [-0.1, -0.05) is 111 Å². The van der Waals surface area contributed by atoms with Gasteiger partial charge in [0.15, 0.2) is 0 Å². The number of benzene rings is 1. The molecule has 0 spiro atoms. The van der Waals surface area contributed by atoms with Crippen LogP contribution in [0.1, 0.15) is 191 Å². The molecule has 0 saturated heterocycles. The molecule has 10 nitrogen and oxygen atoms in total. The van der Waals surface area contributed by atoms with Crippen molar-refractivity contribution in [3.05, 3.63) is 47.0 Å². The van der Waals surface area contributed by atoms with E-state index in [0.717, 1.165) is 122 Å². The molecule has 4 saturated carbocycles. The van der Waals surface area contributed by atoms with Crippen molar-refractivity contribution >= 4 is 29.7 Å². The minimum absolute atomic E-state index is 0.00741. The van der Waals surface area contributed by atoms with Crippen LogP contribution < -0.4 is 10.6 Å². The van der Waals surface area contributed by atoms with Crippen LogP contribution in [-0.2, 0) is 19.1 Å². The van der Waals surface area contributed by atoms with E-state index in [0.29, 0.717) is 18.3 Å². The Balaban J connectivity index is 1.08. The van der Waals surface area contributed by atoms with E-state index in [9.17, 15) is 29.1 Å². The van der Waals surface area contributed by atoms with E-state index >= 15 is 0 Å². The molecule has 0 bridgehead atoms. The maximum absolute atomic E-state index is 14.6. The summed E-state index contributed by atoms with van der Waals surface area (Å²) in [6, 6.07) is 6.34. The molecule has 4 fully saturated rings. The summed E-state index contributed by atoms with van der Waals surface area (Å²) in [5.74, 6) is -1.58. The Morgan fingerprint density at radius 1 is 0.721 bits per heavy atom. The molecule has 0 heterocycles. The van der Waals surface area contributed by atoms with Crippen LogP contribution in [0.25, 0.3) is 0 Å². The maximum atomic E-state index is 14.6. The zero-order valence-electron chi connectivity index (χ0n) is 38.4. The van der Waals surface area contributed by atoms with E-state index in [2.05, 4.69) is 65.2 Å². The van der Waals surface area contributed by atoms with Crippen LogP contribution in [0.4, 0.5) is 0 Å². The first-order valence-electron chi connectivity index (χ1n) is 23.7. The van der Waals surface area contributed by atoms with Crippen molar-refractivity contribution in [2.75, 3.05) is 13.1 Å². The smallest absolute Gasteiger partial charge is 0.339 e. The number of carbonyl (C=O) groups is 5. The Bertz CT molecular complexity index is 1850. The molecular weight excluding hydrogens is 769 g/mol. The lowest BCUT2D eigenvalue weighted by atomic mass is 9.33. The molecule has 0 radical (unpaired) electrons. The van der Waals surface area contributed by atoms with Gasteiger partial charge in [-0.25, -0.2) is 9.59 Å².